The number of halogens is 1. The lowest BCUT2D eigenvalue weighted by Gasteiger charge is -2.36. The maximum absolute atomic E-state index is 12.8. The molecule has 4 rings (SSSR count). The molecule has 1 unspecified atom stereocenters. The highest BCUT2D eigenvalue weighted by molar-refractivity contribution is 6.30. The van der Waals surface area contributed by atoms with E-state index in [1.54, 1.807) is 12.1 Å². The first-order valence-corrected chi connectivity index (χ1v) is 10.9. The zero-order valence-corrected chi connectivity index (χ0v) is 18.2. The molecule has 1 aromatic carbocycles. The van der Waals surface area contributed by atoms with Gasteiger partial charge in [-0.25, -0.2) is 4.98 Å². The molecule has 1 aliphatic rings. The fraction of sp³-hybridized carbons (Fsp3) is 0.292. The molecule has 0 spiro atoms. The standard InChI is InChI=1S/C24H26ClN5O/c1-17(18-10-14-30(15-11-18)20-8-12-26-13-9-20)28-22-5-3-2-4-21(22)24(31)29-23-7-6-19(25)16-27-23/h2-9,12-13,16-18,28H,10-11,14-15H2,1H3,(H,27,29,31). The van der Waals surface area contributed by atoms with Crippen molar-refractivity contribution in [2.24, 2.45) is 5.92 Å². The van der Waals surface area contributed by atoms with Gasteiger partial charge in [-0.2, -0.15) is 0 Å². The van der Waals surface area contributed by atoms with Crippen LogP contribution in [0.1, 0.15) is 30.1 Å². The highest BCUT2D eigenvalue weighted by Gasteiger charge is 2.25. The SMILES string of the molecule is CC(Nc1ccccc1C(=O)Nc1ccc(Cl)cn1)C1CCN(c2ccncc2)CC1. The van der Waals surface area contributed by atoms with Crippen molar-refractivity contribution in [3.05, 3.63) is 77.7 Å². The number of aromatic nitrogens is 2. The molecule has 0 bridgehead atoms. The van der Waals surface area contributed by atoms with Crippen LogP contribution in [-0.4, -0.2) is 35.0 Å². The number of pyridine rings is 2. The number of nitrogens with one attached hydrogen (secondary N) is 2. The summed E-state index contributed by atoms with van der Waals surface area (Å²) in [6.07, 6.45) is 7.39. The van der Waals surface area contributed by atoms with Gasteiger partial charge in [0.15, 0.2) is 0 Å². The summed E-state index contributed by atoms with van der Waals surface area (Å²) in [6.45, 7) is 4.23. The Kier molecular flexibility index (Phi) is 6.67. The average Bonchev–Trinajstić information content (AvgIpc) is 2.81. The van der Waals surface area contributed by atoms with Crippen LogP contribution in [0.25, 0.3) is 0 Å². The van der Waals surface area contributed by atoms with E-state index >= 15 is 0 Å². The normalized spacial score (nSPS) is 15.4. The lowest BCUT2D eigenvalue weighted by Crippen LogP contribution is -2.39. The molecule has 1 amide bonds. The van der Waals surface area contributed by atoms with Crippen LogP contribution in [-0.2, 0) is 0 Å². The van der Waals surface area contributed by atoms with Crippen LogP contribution < -0.4 is 15.5 Å². The molecule has 2 aromatic heterocycles. The van der Waals surface area contributed by atoms with Gasteiger partial charge in [-0.1, -0.05) is 23.7 Å². The topological polar surface area (TPSA) is 70.2 Å². The second-order valence-electron chi connectivity index (χ2n) is 7.82. The molecule has 31 heavy (non-hydrogen) atoms. The Labute approximate surface area is 187 Å². The van der Waals surface area contributed by atoms with Crippen molar-refractivity contribution in [1.82, 2.24) is 9.97 Å². The van der Waals surface area contributed by atoms with Gasteiger partial charge < -0.3 is 15.5 Å². The van der Waals surface area contributed by atoms with Gasteiger partial charge in [-0.3, -0.25) is 9.78 Å². The highest BCUT2D eigenvalue weighted by atomic mass is 35.5. The largest absolute Gasteiger partial charge is 0.382 e. The Hall–Kier alpha value is -3.12. The maximum Gasteiger partial charge on any atom is 0.258 e. The Morgan fingerprint density at radius 2 is 1.84 bits per heavy atom. The van der Waals surface area contributed by atoms with Crippen LogP contribution in [0.5, 0.6) is 0 Å². The number of hydrogen-bond acceptors (Lipinski definition) is 5. The lowest BCUT2D eigenvalue weighted by atomic mass is 9.89. The predicted molar refractivity (Wildman–Crippen MR) is 126 cm³/mol. The van der Waals surface area contributed by atoms with E-state index in [2.05, 4.69) is 44.6 Å². The zero-order chi connectivity index (χ0) is 21.6. The molecule has 1 atom stereocenters. The van der Waals surface area contributed by atoms with Crippen LogP contribution in [0.15, 0.2) is 67.1 Å². The summed E-state index contributed by atoms with van der Waals surface area (Å²) in [4.78, 5) is 23.5. The fourth-order valence-electron chi connectivity index (χ4n) is 4.02. The number of carbonyl (C=O) groups excluding carboxylic acids is 1. The van der Waals surface area contributed by atoms with Crippen molar-refractivity contribution in [2.45, 2.75) is 25.8 Å². The summed E-state index contributed by atoms with van der Waals surface area (Å²) < 4.78 is 0. The number of benzene rings is 1. The minimum atomic E-state index is -0.197. The molecule has 1 aliphatic heterocycles. The van der Waals surface area contributed by atoms with E-state index in [1.165, 1.54) is 11.9 Å². The fourth-order valence-corrected chi connectivity index (χ4v) is 4.13. The van der Waals surface area contributed by atoms with Crippen molar-refractivity contribution in [3.63, 3.8) is 0 Å². The predicted octanol–water partition coefficient (Wildman–Crippen LogP) is 5.10. The van der Waals surface area contributed by atoms with Crippen molar-refractivity contribution in [1.29, 1.82) is 0 Å². The first-order valence-electron chi connectivity index (χ1n) is 10.5. The molecule has 3 aromatic rings. The number of carbonyl (C=O) groups is 1. The molecule has 0 saturated carbocycles. The lowest BCUT2D eigenvalue weighted by molar-refractivity contribution is 0.102. The molecule has 6 nitrogen and oxygen atoms in total. The molecular formula is C24H26ClN5O. The van der Waals surface area contributed by atoms with Gasteiger partial charge in [0.25, 0.3) is 5.91 Å². The minimum absolute atomic E-state index is 0.197. The van der Waals surface area contributed by atoms with Crippen molar-refractivity contribution >= 4 is 34.7 Å². The van der Waals surface area contributed by atoms with Gasteiger partial charge in [0.1, 0.15) is 5.82 Å². The average molecular weight is 436 g/mol. The van der Waals surface area contributed by atoms with Gasteiger partial charge in [-0.05, 0) is 62.1 Å². The molecule has 160 valence electrons. The molecule has 2 N–H and O–H groups in total. The van der Waals surface area contributed by atoms with E-state index < -0.39 is 0 Å². The summed E-state index contributed by atoms with van der Waals surface area (Å²) >= 11 is 5.87. The number of rotatable bonds is 6. The summed E-state index contributed by atoms with van der Waals surface area (Å²) in [5.74, 6) is 0.811. The smallest absolute Gasteiger partial charge is 0.258 e. The number of nitrogens with zero attached hydrogens (tertiary/aromatic N) is 3. The molecule has 1 saturated heterocycles. The molecule has 1 fully saturated rings. The summed E-state index contributed by atoms with van der Waals surface area (Å²) in [5.41, 5.74) is 2.66. The van der Waals surface area contributed by atoms with E-state index in [1.807, 2.05) is 36.7 Å². The zero-order valence-electron chi connectivity index (χ0n) is 17.5. The van der Waals surface area contributed by atoms with E-state index in [-0.39, 0.29) is 11.9 Å². The monoisotopic (exact) mass is 435 g/mol. The molecule has 3 heterocycles. The van der Waals surface area contributed by atoms with Gasteiger partial charge in [0, 0.05) is 49.1 Å². The first kappa shape index (κ1) is 21.1. The van der Waals surface area contributed by atoms with Crippen molar-refractivity contribution < 1.29 is 4.79 Å². The Bertz CT molecular complexity index is 1000. The first-order chi connectivity index (χ1) is 15.1. The van der Waals surface area contributed by atoms with E-state index in [0.717, 1.165) is 31.6 Å². The number of hydrogen-bond donors (Lipinski definition) is 2. The maximum atomic E-state index is 12.8. The third kappa shape index (κ3) is 5.33. The quantitative estimate of drug-likeness (QED) is 0.563. The number of amides is 1. The molecule has 7 heteroatoms. The number of anilines is 3. The van der Waals surface area contributed by atoms with Gasteiger partial charge in [0.05, 0.1) is 10.6 Å². The van der Waals surface area contributed by atoms with Crippen LogP contribution in [0, 0.1) is 5.92 Å². The van der Waals surface area contributed by atoms with Crippen LogP contribution in [0.2, 0.25) is 5.02 Å². The van der Waals surface area contributed by atoms with E-state index in [4.69, 9.17) is 11.6 Å². The highest BCUT2D eigenvalue weighted by Crippen LogP contribution is 2.27. The van der Waals surface area contributed by atoms with Gasteiger partial charge in [0.2, 0.25) is 0 Å². The molecule has 0 aliphatic carbocycles. The van der Waals surface area contributed by atoms with E-state index in [0.29, 0.717) is 22.3 Å². The third-order valence-electron chi connectivity index (χ3n) is 5.80. The Balaban J connectivity index is 1.38. The van der Waals surface area contributed by atoms with Crippen LogP contribution in [0.4, 0.5) is 17.2 Å². The Morgan fingerprint density at radius 3 is 2.55 bits per heavy atom. The second kappa shape index (κ2) is 9.79. The van der Waals surface area contributed by atoms with Crippen LogP contribution >= 0.6 is 11.6 Å². The summed E-state index contributed by atoms with van der Waals surface area (Å²) in [7, 11) is 0. The minimum Gasteiger partial charge on any atom is -0.382 e. The molecular weight excluding hydrogens is 410 g/mol. The number of piperidine rings is 1. The van der Waals surface area contributed by atoms with Gasteiger partial charge in [-0.15, -0.1) is 0 Å². The van der Waals surface area contributed by atoms with E-state index in [9.17, 15) is 4.79 Å². The van der Waals surface area contributed by atoms with Gasteiger partial charge >= 0.3 is 0 Å². The third-order valence-corrected chi connectivity index (χ3v) is 6.02. The summed E-state index contributed by atoms with van der Waals surface area (Å²) in [6, 6.07) is 15.4. The van der Waals surface area contributed by atoms with Crippen molar-refractivity contribution in [3.8, 4) is 0 Å². The van der Waals surface area contributed by atoms with Crippen molar-refractivity contribution in [2.75, 3.05) is 28.6 Å². The van der Waals surface area contributed by atoms with Crippen LogP contribution in [0.3, 0.4) is 0 Å². The molecule has 0 radical (unpaired) electrons. The number of para-hydroxylation sites is 1. The summed E-state index contributed by atoms with van der Waals surface area (Å²) in [5, 5.41) is 6.95. The second-order valence-corrected chi connectivity index (χ2v) is 8.26. The Morgan fingerprint density at radius 1 is 1.10 bits per heavy atom.